The van der Waals surface area contributed by atoms with E-state index in [2.05, 4.69) is 52.0 Å². The molecule has 41 heavy (non-hydrogen) atoms. The first kappa shape index (κ1) is 34.2. The second-order valence-corrected chi connectivity index (χ2v) is 11.9. The molecule has 0 aliphatic heterocycles. The minimum atomic E-state index is -0.573. The van der Waals surface area contributed by atoms with Crippen LogP contribution < -0.4 is 16.9 Å². The number of carbonyl (C=O) groups excluding carboxylic acids is 2. The minimum Gasteiger partial charge on any atom is -0.384 e. The summed E-state index contributed by atoms with van der Waals surface area (Å²) < 4.78 is 6.30. The van der Waals surface area contributed by atoms with Crippen molar-refractivity contribution in [2.24, 2.45) is 28.5 Å². The number of amides is 2. The Hall–Kier alpha value is -2.98. The molecule has 0 saturated heterocycles. The molecular formula is C31H50N6O3S. The maximum Gasteiger partial charge on any atom is 0.271 e. The summed E-state index contributed by atoms with van der Waals surface area (Å²) in [6, 6.07) is 9.12. The Morgan fingerprint density at radius 1 is 1.12 bits per heavy atom. The second-order valence-electron chi connectivity index (χ2n) is 11.1. The van der Waals surface area contributed by atoms with Gasteiger partial charge in [-0.3, -0.25) is 9.59 Å². The van der Waals surface area contributed by atoms with Crippen molar-refractivity contribution in [1.29, 1.82) is 0 Å². The van der Waals surface area contributed by atoms with Crippen molar-refractivity contribution < 1.29 is 14.3 Å². The van der Waals surface area contributed by atoms with E-state index >= 15 is 0 Å². The maximum absolute atomic E-state index is 13.4. The highest BCUT2D eigenvalue weighted by atomic mass is 32.1. The fraction of sp³-hybridized carbons (Fsp3) is 0.613. The highest BCUT2D eigenvalue weighted by Crippen LogP contribution is 2.31. The molecular weight excluding hydrogens is 536 g/mol. The standard InChI is InChI=1S/C31H50N6O3S/c1-7-15-37(28(38)17-22(6)9-3)26(21(4)5)19-27(40-16-8-2)31-35-25(20-41-31)30(39)34-24(29(32)36-33)18-23-13-11-10-12-14-23/h10-14,20-22,24,26-27H,7-9,15-19,33H2,1-6H3,(H2,32,36)(H,34,39)/t22-,24-,26?,27?/m0/s1. The largest absolute Gasteiger partial charge is 0.384 e. The van der Waals surface area contributed by atoms with Gasteiger partial charge >= 0.3 is 0 Å². The fourth-order valence-corrected chi connectivity index (χ4v) is 5.56. The molecule has 1 heterocycles. The Labute approximate surface area is 250 Å². The van der Waals surface area contributed by atoms with Gasteiger partial charge in [-0.15, -0.1) is 11.3 Å². The van der Waals surface area contributed by atoms with Gasteiger partial charge in [-0.1, -0.05) is 78.3 Å². The third-order valence-electron chi connectivity index (χ3n) is 7.28. The number of hydrogen-bond donors (Lipinski definition) is 3. The van der Waals surface area contributed by atoms with Crippen LogP contribution in [0.4, 0.5) is 0 Å². The molecule has 0 saturated carbocycles. The van der Waals surface area contributed by atoms with Crippen molar-refractivity contribution in [1.82, 2.24) is 15.2 Å². The number of hydrogen-bond acceptors (Lipinski definition) is 7. The average molecular weight is 587 g/mol. The average Bonchev–Trinajstić information content (AvgIpc) is 3.46. The van der Waals surface area contributed by atoms with Gasteiger partial charge in [-0.25, -0.2) is 4.98 Å². The van der Waals surface area contributed by atoms with Crippen LogP contribution in [0.1, 0.15) is 101 Å². The van der Waals surface area contributed by atoms with Crippen LogP contribution in [0.3, 0.4) is 0 Å². The molecule has 10 heteroatoms. The molecule has 2 aromatic rings. The molecule has 0 aliphatic carbocycles. The predicted octanol–water partition coefficient (Wildman–Crippen LogP) is 5.27. The molecule has 0 aliphatic rings. The summed E-state index contributed by atoms with van der Waals surface area (Å²) in [5, 5.41) is 9.03. The number of carbonyl (C=O) groups is 2. The Bertz CT molecular complexity index is 1090. The number of nitrogens with zero attached hydrogens (tertiary/aromatic N) is 3. The lowest BCUT2D eigenvalue weighted by Gasteiger charge is -2.37. The molecule has 4 atom stereocenters. The van der Waals surface area contributed by atoms with E-state index in [1.54, 1.807) is 5.38 Å². The molecule has 9 nitrogen and oxygen atoms in total. The van der Waals surface area contributed by atoms with E-state index in [-0.39, 0.29) is 41.4 Å². The predicted molar refractivity (Wildman–Crippen MR) is 168 cm³/mol. The van der Waals surface area contributed by atoms with Crippen molar-refractivity contribution in [3.63, 3.8) is 0 Å². The summed E-state index contributed by atoms with van der Waals surface area (Å²) in [6.45, 7) is 14.0. The summed E-state index contributed by atoms with van der Waals surface area (Å²) in [5.74, 6) is 6.00. The molecule has 0 radical (unpaired) electrons. The highest BCUT2D eigenvalue weighted by molar-refractivity contribution is 7.09. The molecule has 0 fully saturated rings. The number of rotatable bonds is 18. The topological polar surface area (TPSA) is 136 Å². The van der Waals surface area contributed by atoms with Crippen molar-refractivity contribution in [3.05, 3.63) is 52.0 Å². The summed E-state index contributed by atoms with van der Waals surface area (Å²) >= 11 is 1.40. The summed E-state index contributed by atoms with van der Waals surface area (Å²) in [7, 11) is 0. The van der Waals surface area contributed by atoms with E-state index < -0.39 is 6.04 Å². The van der Waals surface area contributed by atoms with E-state index in [4.69, 9.17) is 21.3 Å². The summed E-state index contributed by atoms with van der Waals surface area (Å²) in [6.07, 6.45) is 3.98. The second kappa shape index (κ2) is 17.7. The molecule has 228 valence electrons. The van der Waals surface area contributed by atoms with Crippen LogP contribution in [-0.2, 0) is 16.0 Å². The Morgan fingerprint density at radius 3 is 2.41 bits per heavy atom. The van der Waals surface area contributed by atoms with Gasteiger partial charge in [-0.05, 0) is 36.7 Å². The first-order valence-corrected chi connectivity index (χ1v) is 15.8. The molecule has 0 bridgehead atoms. The van der Waals surface area contributed by atoms with Gasteiger partial charge in [0.2, 0.25) is 5.91 Å². The number of amidine groups is 1. The van der Waals surface area contributed by atoms with Gasteiger partial charge in [0.05, 0.1) is 6.04 Å². The van der Waals surface area contributed by atoms with Crippen molar-refractivity contribution in [2.75, 3.05) is 13.2 Å². The smallest absolute Gasteiger partial charge is 0.271 e. The van der Waals surface area contributed by atoms with Gasteiger partial charge in [0.25, 0.3) is 5.91 Å². The van der Waals surface area contributed by atoms with Crippen LogP contribution in [0, 0.1) is 11.8 Å². The maximum atomic E-state index is 13.4. The van der Waals surface area contributed by atoms with Crippen LogP contribution >= 0.6 is 11.3 Å². The van der Waals surface area contributed by atoms with Crippen molar-refractivity contribution in [2.45, 2.75) is 98.3 Å². The number of hydrazone groups is 1. The normalized spacial score (nSPS) is 14.9. The lowest BCUT2D eigenvalue weighted by molar-refractivity contribution is -0.136. The zero-order valence-electron chi connectivity index (χ0n) is 25.6. The third kappa shape index (κ3) is 10.7. The molecule has 2 rings (SSSR count). The first-order chi connectivity index (χ1) is 19.6. The minimum absolute atomic E-state index is 0.00893. The number of aromatic nitrogens is 1. The molecule has 1 aromatic carbocycles. The Kier molecular flexibility index (Phi) is 14.8. The monoisotopic (exact) mass is 586 g/mol. The number of thiazole rings is 1. The summed E-state index contributed by atoms with van der Waals surface area (Å²) in [4.78, 5) is 33.4. The van der Waals surface area contributed by atoms with Crippen LogP contribution in [0.5, 0.6) is 0 Å². The molecule has 2 unspecified atom stereocenters. The van der Waals surface area contributed by atoms with E-state index in [9.17, 15) is 9.59 Å². The zero-order valence-corrected chi connectivity index (χ0v) is 26.5. The van der Waals surface area contributed by atoms with Crippen LogP contribution in [-0.4, -0.2) is 52.8 Å². The first-order valence-electron chi connectivity index (χ1n) is 14.9. The van der Waals surface area contributed by atoms with Gasteiger partial charge in [-0.2, -0.15) is 5.10 Å². The number of ether oxygens (including phenoxy) is 1. The number of nitrogens with one attached hydrogen (secondary N) is 1. The SMILES string of the molecule is CCCOC(CC(C(C)C)N(CCC)C(=O)C[C@@H](C)CC)c1nc(C(=O)N[C@@H](Cc2ccccc2)/C(N)=N/N)cs1. The van der Waals surface area contributed by atoms with E-state index in [1.165, 1.54) is 11.3 Å². The number of benzene rings is 1. The van der Waals surface area contributed by atoms with Crippen LogP contribution in [0.25, 0.3) is 0 Å². The number of nitrogens with two attached hydrogens (primary N) is 2. The highest BCUT2D eigenvalue weighted by Gasteiger charge is 2.31. The van der Waals surface area contributed by atoms with E-state index in [0.717, 1.165) is 29.8 Å². The molecule has 0 spiro atoms. The zero-order chi connectivity index (χ0) is 30.4. The third-order valence-corrected chi connectivity index (χ3v) is 8.21. The quantitative estimate of drug-likeness (QED) is 0.0942. The van der Waals surface area contributed by atoms with Crippen molar-refractivity contribution in [3.8, 4) is 0 Å². The van der Waals surface area contributed by atoms with Crippen LogP contribution in [0.2, 0.25) is 0 Å². The molecule has 2 amide bonds. The van der Waals surface area contributed by atoms with Gasteiger partial charge < -0.3 is 26.5 Å². The lowest BCUT2D eigenvalue weighted by atomic mass is 9.94. The summed E-state index contributed by atoms with van der Waals surface area (Å²) in [5.41, 5.74) is 7.32. The van der Waals surface area contributed by atoms with Gasteiger partial charge in [0.1, 0.15) is 22.6 Å². The lowest BCUT2D eigenvalue weighted by Crippen LogP contribution is -2.46. The van der Waals surface area contributed by atoms with E-state index in [1.807, 2.05) is 35.2 Å². The van der Waals surface area contributed by atoms with Crippen LogP contribution in [0.15, 0.2) is 40.8 Å². The molecule has 1 aromatic heterocycles. The van der Waals surface area contributed by atoms with Crippen molar-refractivity contribution >= 4 is 29.0 Å². The Balaban J connectivity index is 2.27. The van der Waals surface area contributed by atoms with Gasteiger partial charge in [0, 0.05) is 37.4 Å². The Morgan fingerprint density at radius 2 is 1.83 bits per heavy atom. The molecule has 5 N–H and O–H groups in total. The fourth-order valence-electron chi connectivity index (χ4n) is 4.70. The van der Waals surface area contributed by atoms with Gasteiger partial charge in [0.15, 0.2) is 0 Å². The van der Waals surface area contributed by atoms with E-state index in [0.29, 0.717) is 38.3 Å².